The van der Waals surface area contributed by atoms with Crippen LogP contribution in [0, 0.1) is 13.8 Å². The van der Waals surface area contributed by atoms with E-state index in [0.717, 1.165) is 17.8 Å². The minimum absolute atomic E-state index is 0.307. The van der Waals surface area contributed by atoms with E-state index < -0.39 is 0 Å². The van der Waals surface area contributed by atoms with Crippen molar-refractivity contribution in [1.82, 2.24) is 0 Å². The van der Waals surface area contributed by atoms with Gasteiger partial charge in [-0.1, -0.05) is 29.8 Å². The fraction of sp³-hybridized carbons (Fsp3) is 0.235. The number of aryl methyl sites for hydroxylation is 2. The second-order valence-corrected chi connectivity index (χ2v) is 4.86. The van der Waals surface area contributed by atoms with Crippen molar-refractivity contribution in [3.05, 3.63) is 64.7 Å². The summed E-state index contributed by atoms with van der Waals surface area (Å²) in [7, 11) is 1.39. The Kier molecular flexibility index (Phi) is 4.41. The highest BCUT2D eigenvalue weighted by Crippen LogP contribution is 2.18. The zero-order valence-electron chi connectivity index (χ0n) is 12.1. The molecule has 2 aromatic carbocycles. The summed E-state index contributed by atoms with van der Waals surface area (Å²) in [5.74, 6) is -0.307. The van der Waals surface area contributed by atoms with Crippen LogP contribution < -0.4 is 5.32 Å². The smallest absolute Gasteiger partial charge is 0.337 e. The number of hydrogen-bond donors (Lipinski definition) is 1. The molecule has 3 heteroatoms. The van der Waals surface area contributed by atoms with Gasteiger partial charge in [0.1, 0.15) is 0 Å². The molecule has 3 nitrogen and oxygen atoms in total. The molecule has 0 heterocycles. The molecular weight excluding hydrogens is 250 g/mol. The molecule has 0 unspecified atom stereocenters. The first-order valence-corrected chi connectivity index (χ1v) is 6.58. The summed E-state index contributed by atoms with van der Waals surface area (Å²) < 4.78 is 4.71. The van der Waals surface area contributed by atoms with E-state index in [1.54, 1.807) is 6.07 Å². The predicted octanol–water partition coefficient (Wildman–Crippen LogP) is 3.70. The molecule has 0 bridgehead atoms. The van der Waals surface area contributed by atoms with Gasteiger partial charge in [-0.3, -0.25) is 0 Å². The van der Waals surface area contributed by atoms with E-state index in [1.165, 1.54) is 18.2 Å². The van der Waals surface area contributed by atoms with Gasteiger partial charge in [-0.25, -0.2) is 4.79 Å². The maximum Gasteiger partial charge on any atom is 0.337 e. The van der Waals surface area contributed by atoms with Crippen LogP contribution in [0.5, 0.6) is 0 Å². The predicted molar refractivity (Wildman–Crippen MR) is 81.0 cm³/mol. The lowest BCUT2D eigenvalue weighted by molar-refractivity contribution is 0.0600. The number of anilines is 1. The van der Waals surface area contributed by atoms with Gasteiger partial charge in [0, 0.05) is 12.2 Å². The number of carbonyl (C=O) groups is 1. The van der Waals surface area contributed by atoms with Crippen LogP contribution in [0.15, 0.2) is 42.5 Å². The van der Waals surface area contributed by atoms with Crippen LogP contribution in [-0.2, 0) is 11.3 Å². The maximum atomic E-state index is 11.4. The molecule has 0 aromatic heterocycles. The van der Waals surface area contributed by atoms with Gasteiger partial charge in [-0.15, -0.1) is 0 Å². The number of rotatable bonds is 4. The Morgan fingerprint density at radius 2 is 1.80 bits per heavy atom. The molecule has 0 atom stereocenters. The fourth-order valence-corrected chi connectivity index (χ4v) is 2.01. The van der Waals surface area contributed by atoms with Crippen molar-refractivity contribution < 1.29 is 9.53 Å². The first-order chi connectivity index (χ1) is 9.60. The van der Waals surface area contributed by atoms with Gasteiger partial charge < -0.3 is 10.1 Å². The summed E-state index contributed by atoms with van der Waals surface area (Å²) in [4.78, 5) is 11.4. The zero-order chi connectivity index (χ0) is 14.5. The number of esters is 1. The molecule has 0 aliphatic carbocycles. The molecule has 0 spiro atoms. The monoisotopic (exact) mass is 269 g/mol. The summed E-state index contributed by atoms with van der Waals surface area (Å²) in [5.41, 5.74) is 5.11. The van der Waals surface area contributed by atoms with Gasteiger partial charge in [-0.2, -0.15) is 0 Å². The molecule has 0 amide bonds. The maximum absolute atomic E-state index is 11.4. The molecular formula is C17H19NO2. The van der Waals surface area contributed by atoms with Gasteiger partial charge in [0.05, 0.1) is 12.7 Å². The Morgan fingerprint density at radius 3 is 2.40 bits per heavy atom. The lowest BCUT2D eigenvalue weighted by atomic mass is 10.1. The molecule has 0 saturated carbocycles. The average Bonchev–Trinajstić information content (AvgIpc) is 2.46. The highest BCUT2D eigenvalue weighted by atomic mass is 16.5. The van der Waals surface area contributed by atoms with Crippen LogP contribution in [-0.4, -0.2) is 13.1 Å². The van der Waals surface area contributed by atoms with Crippen molar-refractivity contribution in [3.8, 4) is 0 Å². The number of methoxy groups -OCH3 is 1. The van der Waals surface area contributed by atoms with Crippen LogP contribution >= 0.6 is 0 Å². The minimum atomic E-state index is -0.307. The highest BCUT2D eigenvalue weighted by molar-refractivity contribution is 5.90. The Bertz CT molecular complexity index is 603. The fourth-order valence-electron chi connectivity index (χ4n) is 2.01. The van der Waals surface area contributed by atoms with E-state index in [-0.39, 0.29) is 5.97 Å². The second-order valence-electron chi connectivity index (χ2n) is 4.86. The molecule has 0 aliphatic rings. The van der Waals surface area contributed by atoms with E-state index >= 15 is 0 Å². The van der Waals surface area contributed by atoms with Crippen molar-refractivity contribution >= 4 is 11.7 Å². The van der Waals surface area contributed by atoms with Crippen LogP contribution in [0.1, 0.15) is 27.0 Å². The quantitative estimate of drug-likeness (QED) is 0.860. The first-order valence-electron chi connectivity index (χ1n) is 6.58. The van der Waals surface area contributed by atoms with Gasteiger partial charge in [-0.05, 0) is 43.2 Å². The SMILES string of the molecule is COC(=O)c1ccc(NCc2ccc(C)cc2)c(C)c1. The van der Waals surface area contributed by atoms with E-state index in [1.807, 2.05) is 19.1 Å². The molecule has 0 fully saturated rings. The number of carbonyl (C=O) groups excluding carboxylic acids is 1. The second kappa shape index (κ2) is 6.24. The summed E-state index contributed by atoms with van der Waals surface area (Å²) >= 11 is 0. The van der Waals surface area contributed by atoms with E-state index in [0.29, 0.717) is 5.56 Å². The third-order valence-electron chi connectivity index (χ3n) is 3.25. The molecule has 2 rings (SSSR count). The van der Waals surface area contributed by atoms with Crippen molar-refractivity contribution in [2.75, 3.05) is 12.4 Å². The lowest BCUT2D eigenvalue weighted by Gasteiger charge is -2.11. The molecule has 1 N–H and O–H groups in total. The molecule has 0 aliphatic heterocycles. The number of hydrogen-bond acceptors (Lipinski definition) is 3. The first kappa shape index (κ1) is 14.1. The van der Waals surface area contributed by atoms with E-state index in [4.69, 9.17) is 4.74 Å². The standard InChI is InChI=1S/C17H19NO2/c1-12-4-6-14(7-5-12)11-18-16-9-8-15(10-13(16)2)17(19)20-3/h4-10,18H,11H2,1-3H3. The lowest BCUT2D eigenvalue weighted by Crippen LogP contribution is -2.04. The summed E-state index contributed by atoms with van der Waals surface area (Å²) in [6, 6.07) is 13.9. The number of benzene rings is 2. The third-order valence-corrected chi connectivity index (χ3v) is 3.25. The van der Waals surface area contributed by atoms with Crippen LogP contribution in [0.25, 0.3) is 0 Å². The van der Waals surface area contributed by atoms with Gasteiger partial charge in [0.25, 0.3) is 0 Å². The minimum Gasteiger partial charge on any atom is -0.465 e. The topological polar surface area (TPSA) is 38.3 Å². The molecule has 0 saturated heterocycles. The van der Waals surface area contributed by atoms with E-state index in [9.17, 15) is 4.79 Å². The zero-order valence-corrected chi connectivity index (χ0v) is 12.1. The van der Waals surface area contributed by atoms with Crippen LogP contribution in [0.3, 0.4) is 0 Å². The van der Waals surface area contributed by atoms with Crippen molar-refractivity contribution in [3.63, 3.8) is 0 Å². The van der Waals surface area contributed by atoms with Crippen molar-refractivity contribution in [2.45, 2.75) is 20.4 Å². The summed E-state index contributed by atoms with van der Waals surface area (Å²) in [6.45, 7) is 4.81. The van der Waals surface area contributed by atoms with E-state index in [2.05, 4.69) is 36.5 Å². The Labute approximate surface area is 119 Å². The Morgan fingerprint density at radius 1 is 1.10 bits per heavy atom. The Balaban J connectivity index is 2.06. The molecule has 104 valence electrons. The Hall–Kier alpha value is -2.29. The number of nitrogens with one attached hydrogen (secondary N) is 1. The number of ether oxygens (including phenoxy) is 1. The molecule has 0 radical (unpaired) electrons. The average molecular weight is 269 g/mol. The van der Waals surface area contributed by atoms with Crippen molar-refractivity contribution in [1.29, 1.82) is 0 Å². The van der Waals surface area contributed by atoms with Crippen molar-refractivity contribution in [2.24, 2.45) is 0 Å². The summed E-state index contributed by atoms with van der Waals surface area (Å²) in [5, 5.41) is 3.38. The highest BCUT2D eigenvalue weighted by Gasteiger charge is 2.07. The van der Waals surface area contributed by atoms with Gasteiger partial charge in [0.2, 0.25) is 0 Å². The normalized spacial score (nSPS) is 10.2. The largest absolute Gasteiger partial charge is 0.465 e. The molecule has 20 heavy (non-hydrogen) atoms. The summed E-state index contributed by atoms with van der Waals surface area (Å²) in [6.07, 6.45) is 0. The van der Waals surface area contributed by atoms with Crippen LogP contribution in [0.2, 0.25) is 0 Å². The molecule has 2 aromatic rings. The van der Waals surface area contributed by atoms with Gasteiger partial charge in [0.15, 0.2) is 0 Å². The third kappa shape index (κ3) is 3.38. The van der Waals surface area contributed by atoms with Gasteiger partial charge >= 0.3 is 5.97 Å². The van der Waals surface area contributed by atoms with Crippen LogP contribution in [0.4, 0.5) is 5.69 Å².